The van der Waals surface area contributed by atoms with Crippen molar-refractivity contribution in [3.05, 3.63) is 46.2 Å². The average molecular weight is 334 g/mol. The SMILES string of the molecule is COc1ccc(CNC(=O)NC(C)Cc2cccs2)cc1OC. The predicted octanol–water partition coefficient (Wildman–Crippen LogP) is 3.20. The normalized spacial score (nSPS) is 11.6. The van der Waals surface area contributed by atoms with E-state index in [2.05, 4.69) is 16.7 Å². The van der Waals surface area contributed by atoms with Crippen LogP contribution in [0.1, 0.15) is 17.4 Å². The lowest BCUT2D eigenvalue weighted by molar-refractivity contribution is 0.237. The minimum Gasteiger partial charge on any atom is -0.493 e. The van der Waals surface area contributed by atoms with E-state index in [0.29, 0.717) is 18.0 Å². The zero-order valence-corrected chi connectivity index (χ0v) is 14.4. The molecule has 0 aliphatic rings. The molecule has 1 atom stereocenters. The van der Waals surface area contributed by atoms with Crippen molar-refractivity contribution < 1.29 is 14.3 Å². The lowest BCUT2D eigenvalue weighted by Crippen LogP contribution is -2.41. The molecule has 0 bridgehead atoms. The molecule has 2 aromatic rings. The van der Waals surface area contributed by atoms with Crippen LogP contribution in [-0.4, -0.2) is 26.3 Å². The Morgan fingerprint density at radius 3 is 2.65 bits per heavy atom. The summed E-state index contributed by atoms with van der Waals surface area (Å²) >= 11 is 1.70. The van der Waals surface area contributed by atoms with Gasteiger partial charge in [0.15, 0.2) is 11.5 Å². The van der Waals surface area contributed by atoms with Crippen LogP contribution in [0, 0.1) is 0 Å². The number of thiophene rings is 1. The highest BCUT2D eigenvalue weighted by Gasteiger charge is 2.09. The summed E-state index contributed by atoms with van der Waals surface area (Å²) in [7, 11) is 3.19. The molecule has 1 unspecified atom stereocenters. The fourth-order valence-electron chi connectivity index (χ4n) is 2.23. The van der Waals surface area contributed by atoms with Crippen LogP contribution in [0.5, 0.6) is 11.5 Å². The second kappa shape index (κ2) is 8.43. The minimum absolute atomic E-state index is 0.0825. The number of methoxy groups -OCH3 is 2. The first-order valence-corrected chi connectivity index (χ1v) is 8.28. The van der Waals surface area contributed by atoms with Crippen molar-refractivity contribution in [3.63, 3.8) is 0 Å². The lowest BCUT2D eigenvalue weighted by atomic mass is 10.2. The number of rotatable bonds is 7. The largest absolute Gasteiger partial charge is 0.493 e. The molecular weight excluding hydrogens is 312 g/mol. The summed E-state index contributed by atoms with van der Waals surface area (Å²) in [5.74, 6) is 1.32. The third-order valence-electron chi connectivity index (χ3n) is 3.37. The third kappa shape index (κ3) is 5.17. The summed E-state index contributed by atoms with van der Waals surface area (Å²) in [6, 6.07) is 9.58. The van der Waals surface area contributed by atoms with Crippen molar-refractivity contribution in [2.24, 2.45) is 0 Å². The van der Waals surface area contributed by atoms with Gasteiger partial charge < -0.3 is 20.1 Å². The first-order valence-electron chi connectivity index (χ1n) is 7.40. The van der Waals surface area contributed by atoms with Crippen molar-refractivity contribution in [3.8, 4) is 11.5 Å². The summed E-state index contributed by atoms with van der Waals surface area (Å²) in [6.45, 7) is 2.42. The summed E-state index contributed by atoms with van der Waals surface area (Å²) < 4.78 is 10.5. The van der Waals surface area contributed by atoms with Gasteiger partial charge in [0, 0.05) is 23.9 Å². The van der Waals surface area contributed by atoms with Gasteiger partial charge in [-0.15, -0.1) is 11.3 Å². The molecule has 2 rings (SSSR count). The maximum absolute atomic E-state index is 12.0. The number of benzene rings is 1. The van der Waals surface area contributed by atoms with Crippen LogP contribution in [0.15, 0.2) is 35.7 Å². The Morgan fingerprint density at radius 2 is 2.00 bits per heavy atom. The van der Waals surface area contributed by atoms with E-state index in [1.54, 1.807) is 25.6 Å². The Kier molecular flexibility index (Phi) is 6.29. The molecule has 1 heterocycles. The van der Waals surface area contributed by atoms with E-state index in [-0.39, 0.29) is 12.1 Å². The van der Waals surface area contributed by atoms with Crippen LogP contribution >= 0.6 is 11.3 Å². The van der Waals surface area contributed by atoms with Crippen molar-refractivity contribution in [2.45, 2.75) is 25.9 Å². The van der Waals surface area contributed by atoms with Gasteiger partial charge in [-0.1, -0.05) is 12.1 Å². The van der Waals surface area contributed by atoms with Crippen molar-refractivity contribution in [1.82, 2.24) is 10.6 Å². The quantitative estimate of drug-likeness (QED) is 0.817. The summed E-state index contributed by atoms with van der Waals surface area (Å²) in [4.78, 5) is 13.2. The van der Waals surface area contributed by atoms with Crippen LogP contribution in [-0.2, 0) is 13.0 Å². The molecule has 0 radical (unpaired) electrons. The van der Waals surface area contributed by atoms with Gasteiger partial charge in [0.2, 0.25) is 0 Å². The third-order valence-corrected chi connectivity index (χ3v) is 4.26. The van der Waals surface area contributed by atoms with E-state index < -0.39 is 0 Å². The molecule has 2 amide bonds. The zero-order chi connectivity index (χ0) is 16.7. The van der Waals surface area contributed by atoms with Crippen LogP contribution in [0.4, 0.5) is 4.79 Å². The molecule has 1 aromatic carbocycles. The standard InChI is InChI=1S/C17H22N2O3S/c1-12(9-14-5-4-8-23-14)19-17(20)18-11-13-6-7-15(21-2)16(10-13)22-3/h4-8,10,12H,9,11H2,1-3H3,(H2,18,19,20). The first kappa shape index (κ1) is 17.1. The Morgan fingerprint density at radius 1 is 1.22 bits per heavy atom. The Balaban J connectivity index is 1.82. The van der Waals surface area contributed by atoms with E-state index >= 15 is 0 Å². The minimum atomic E-state index is -0.177. The maximum atomic E-state index is 12.0. The monoisotopic (exact) mass is 334 g/mol. The molecule has 0 aliphatic heterocycles. The van der Waals surface area contributed by atoms with Crippen LogP contribution < -0.4 is 20.1 Å². The van der Waals surface area contributed by atoms with Gasteiger partial charge in [-0.25, -0.2) is 4.79 Å². The first-order chi connectivity index (χ1) is 11.1. The second-order valence-electron chi connectivity index (χ2n) is 5.20. The van der Waals surface area contributed by atoms with Gasteiger partial charge in [0.1, 0.15) is 0 Å². The highest BCUT2D eigenvalue weighted by atomic mass is 32.1. The fraction of sp³-hybridized carbons (Fsp3) is 0.353. The van der Waals surface area contributed by atoms with Gasteiger partial charge in [0.25, 0.3) is 0 Å². The maximum Gasteiger partial charge on any atom is 0.315 e. The number of amides is 2. The molecule has 5 nitrogen and oxygen atoms in total. The van der Waals surface area contributed by atoms with Crippen molar-refractivity contribution in [2.75, 3.05) is 14.2 Å². The van der Waals surface area contributed by atoms with Crippen molar-refractivity contribution >= 4 is 17.4 Å². The molecule has 0 saturated carbocycles. The van der Waals surface area contributed by atoms with Gasteiger partial charge in [-0.2, -0.15) is 0 Å². The van der Waals surface area contributed by atoms with E-state index in [1.165, 1.54) is 4.88 Å². The van der Waals surface area contributed by atoms with E-state index in [9.17, 15) is 4.79 Å². The molecule has 124 valence electrons. The van der Waals surface area contributed by atoms with Crippen LogP contribution in [0.25, 0.3) is 0 Å². The number of hydrogen-bond donors (Lipinski definition) is 2. The zero-order valence-electron chi connectivity index (χ0n) is 13.6. The number of carbonyl (C=O) groups is 1. The number of nitrogens with one attached hydrogen (secondary N) is 2. The van der Waals surface area contributed by atoms with Crippen LogP contribution in [0.3, 0.4) is 0 Å². The number of ether oxygens (including phenoxy) is 2. The molecule has 0 fully saturated rings. The second-order valence-corrected chi connectivity index (χ2v) is 6.23. The Labute approximate surface area is 140 Å². The molecule has 23 heavy (non-hydrogen) atoms. The van der Waals surface area contributed by atoms with E-state index in [4.69, 9.17) is 9.47 Å². The fourth-order valence-corrected chi connectivity index (χ4v) is 3.06. The van der Waals surface area contributed by atoms with Gasteiger partial charge in [0.05, 0.1) is 14.2 Å². The Bertz CT molecular complexity index is 629. The smallest absolute Gasteiger partial charge is 0.315 e. The highest BCUT2D eigenvalue weighted by Crippen LogP contribution is 2.27. The van der Waals surface area contributed by atoms with Gasteiger partial charge in [-0.3, -0.25) is 0 Å². The van der Waals surface area contributed by atoms with E-state index in [0.717, 1.165) is 12.0 Å². The topological polar surface area (TPSA) is 59.6 Å². The molecule has 0 saturated heterocycles. The summed E-state index contributed by atoms with van der Waals surface area (Å²) in [6.07, 6.45) is 0.835. The van der Waals surface area contributed by atoms with Gasteiger partial charge in [-0.05, 0) is 36.1 Å². The summed E-state index contributed by atoms with van der Waals surface area (Å²) in [5, 5.41) is 7.84. The van der Waals surface area contributed by atoms with Crippen molar-refractivity contribution in [1.29, 1.82) is 0 Å². The predicted molar refractivity (Wildman–Crippen MR) is 92.4 cm³/mol. The average Bonchev–Trinajstić information content (AvgIpc) is 3.05. The lowest BCUT2D eigenvalue weighted by Gasteiger charge is -2.14. The Hall–Kier alpha value is -2.21. The van der Waals surface area contributed by atoms with Gasteiger partial charge >= 0.3 is 6.03 Å². The molecule has 2 N–H and O–H groups in total. The molecular formula is C17H22N2O3S. The van der Waals surface area contributed by atoms with Crippen LogP contribution in [0.2, 0.25) is 0 Å². The molecule has 6 heteroatoms. The number of hydrogen-bond acceptors (Lipinski definition) is 4. The molecule has 0 aliphatic carbocycles. The summed E-state index contributed by atoms with van der Waals surface area (Å²) in [5.41, 5.74) is 0.948. The van der Waals surface area contributed by atoms with E-state index in [1.807, 2.05) is 36.6 Å². The number of urea groups is 1. The highest BCUT2D eigenvalue weighted by molar-refractivity contribution is 7.09. The molecule has 0 spiro atoms. The molecule has 1 aromatic heterocycles. The number of carbonyl (C=O) groups excluding carboxylic acids is 1.